The van der Waals surface area contributed by atoms with Crippen molar-refractivity contribution in [3.8, 4) is 0 Å². The standard InChI is InChI=1S/3C5H11NO2S.C2H5NO2/c3*1-9-3-2-4(6)5(7)8;3-1-2(4)5/h3*4H,2-3,6H2,1H3,(H,7,8);1,3H2,(H,4,5). The topological polar surface area (TPSA) is 253 Å². The van der Waals surface area contributed by atoms with Gasteiger partial charge in [-0.1, -0.05) is 0 Å². The summed E-state index contributed by atoms with van der Waals surface area (Å²) in [6.45, 7) is -0.278. The van der Waals surface area contributed by atoms with E-state index in [1.54, 1.807) is 35.3 Å². The first kappa shape index (κ1) is 38.1. The van der Waals surface area contributed by atoms with Gasteiger partial charge in [-0.05, 0) is 55.3 Å². The molecule has 0 rings (SSSR count). The molecule has 12 N–H and O–H groups in total. The van der Waals surface area contributed by atoms with Crippen LogP contribution in [0.4, 0.5) is 0 Å². The molecule has 0 bridgehead atoms. The van der Waals surface area contributed by atoms with E-state index in [0.717, 1.165) is 17.3 Å². The monoisotopic (exact) mass is 522 g/mol. The van der Waals surface area contributed by atoms with Crippen molar-refractivity contribution < 1.29 is 39.6 Å². The summed E-state index contributed by atoms with van der Waals surface area (Å²) in [6, 6.07) is -2.05. The summed E-state index contributed by atoms with van der Waals surface area (Å²) in [6.07, 6.45) is 7.43. The zero-order chi connectivity index (χ0) is 26.1. The van der Waals surface area contributed by atoms with Crippen molar-refractivity contribution in [2.24, 2.45) is 22.9 Å². The number of rotatable bonds is 13. The minimum Gasteiger partial charge on any atom is -0.480 e. The van der Waals surface area contributed by atoms with Gasteiger partial charge in [0.25, 0.3) is 0 Å². The highest BCUT2D eigenvalue weighted by Gasteiger charge is 2.10. The molecule has 0 amide bonds. The van der Waals surface area contributed by atoms with Crippen LogP contribution in [0.1, 0.15) is 19.3 Å². The van der Waals surface area contributed by atoms with Gasteiger partial charge in [0.05, 0.1) is 6.54 Å². The van der Waals surface area contributed by atoms with E-state index in [2.05, 4.69) is 5.73 Å². The smallest absolute Gasteiger partial charge is 0.320 e. The third kappa shape index (κ3) is 36.2. The number of thioether (sulfide) groups is 3. The molecule has 0 saturated heterocycles. The van der Waals surface area contributed by atoms with Crippen LogP contribution in [0, 0.1) is 0 Å². The molecule has 0 fully saturated rings. The number of carboxylic acid groups (broad SMARTS) is 4. The molecule has 0 aliphatic carbocycles. The first-order valence-electron chi connectivity index (χ1n) is 9.15. The van der Waals surface area contributed by atoms with Crippen molar-refractivity contribution in [1.82, 2.24) is 0 Å². The van der Waals surface area contributed by atoms with Crippen molar-refractivity contribution in [2.45, 2.75) is 37.4 Å². The zero-order valence-electron chi connectivity index (χ0n) is 18.6. The van der Waals surface area contributed by atoms with E-state index in [9.17, 15) is 19.2 Å². The Morgan fingerprint density at radius 3 is 0.906 bits per heavy atom. The molecular formula is C17H38N4O8S3. The highest BCUT2D eigenvalue weighted by molar-refractivity contribution is 7.98. The van der Waals surface area contributed by atoms with E-state index in [0.29, 0.717) is 19.3 Å². The Bertz CT molecular complexity index is 447. The number of hydrogen-bond donors (Lipinski definition) is 8. The fourth-order valence-electron chi connectivity index (χ4n) is 1.10. The number of carbonyl (C=O) groups is 4. The van der Waals surface area contributed by atoms with Gasteiger partial charge in [0.1, 0.15) is 18.1 Å². The highest BCUT2D eigenvalue weighted by atomic mass is 32.2. The molecule has 0 aromatic carbocycles. The van der Waals surface area contributed by atoms with Gasteiger partial charge in [-0.25, -0.2) is 0 Å². The van der Waals surface area contributed by atoms with Crippen LogP contribution < -0.4 is 22.9 Å². The van der Waals surface area contributed by atoms with Crippen LogP contribution in [0.25, 0.3) is 0 Å². The zero-order valence-corrected chi connectivity index (χ0v) is 21.1. The normalized spacial score (nSPS) is 12.2. The van der Waals surface area contributed by atoms with Gasteiger partial charge in [-0.15, -0.1) is 0 Å². The van der Waals surface area contributed by atoms with Crippen LogP contribution in [-0.4, -0.2) is 105 Å². The average Bonchev–Trinajstić information content (AvgIpc) is 2.74. The molecule has 0 saturated carbocycles. The largest absolute Gasteiger partial charge is 0.480 e. The van der Waals surface area contributed by atoms with Crippen LogP contribution in [0.5, 0.6) is 0 Å². The molecule has 12 nitrogen and oxygen atoms in total. The minimum absolute atomic E-state index is 0.278. The number of carboxylic acids is 4. The van der Waals surface area contributed by atoms with Gasteiger partial charge in [-0.2, -0.15) is 35.3 Å². The molecule has 3 unspecified atom stereocenters. The predicted octanol–water partition coefficient (Wildman–Crippen LogP) is -0.516. The van der Waals surface area contributed by atoms with Gasteiger partial charge >= 0.3 is 23.9 Å². The second kappa shape index (κ2) is 27.8. The first-order chi connectivity index (χ1) is 14.8. The van der Waals surface area contributed by atoms with E-state index in [-0.39, 0.29) is 6.54 Å². The number of aliphatic carboxylic acids is 4. The molecule has 3 atom stereocenters. The Balaban J connectivity index is -0.000000167. The molecule has 15 heteroatoms. The minimum atomic E-state index is -0.968. The lowest BCUT2D eigenvalue weighted by Gasteiger charge is -2.02. The predicted molar refractivity (Wildman–Crippen MR) is 133 cm³/mol. The van der Waals surface area contributed by atoms with Crippen molar-refractivity contribution in [3.63, 3.8) is 0 Å². The molecule has 0 spiro atoms. The fourth-order valence-corrected chi connectivity index (χ4v) is 2.57. The molecule has 0 heterocycles. The summed E-state index contributed by atoms with van der Waals surface area (Å²) >= 11 is 4.81. The molecule has 0 aromatic heterocycles. The highest BCUT2D eigenvalue weighted by Crippen LogP contribution is 1.99. The first-order valence-corrected chi connectivity index (χ1v) is 13.3. The summed E-state index contributed by atoms with van der Waals surface area (Å²) in [7, 11) is 0. The van der Waals surface area contributed by atoms with E-state index >= 15 is 0 Å². The summed E-state index contributed by atoms with van der Waals surface area (Å²) in [5.41, 5.74) is 20.1. The maximum atomic E-state index is 10.1. The van der Waals surface area contributed by atoms with Crippen molar-refractivity contribution in [1.29, 1.82) is 0 Å². The quantitative estimate of drug-likeness (QED) is 0.151. The second-order valence-electron chi connectivity index (χ2n) is 5.78. The SMILES string of the molecule is CSCCC(N)C(=O)O.CSCCC(N)C(=O)O.CSCCC(N)C(=O)O.NCC(=O)O. The average molecular weight is 523 g/mol. The van der Waals surface area contributed by atoms with Crippen LogP contribution in [0.2, 0.25) is 0 Å². The Labute approximate surface area is 201 Å². The molecule has 0 radical (unpaired) electrons. The van der Waals surface area contributed by atoms with Crippen LogP contribution in [-0.2, 0) is 19.2 Å². The van der Waals surface area contributed by atoms with Gasteiger partial charge in [-0.3, -0.25) is 19.2 Å². The lowest BCUT2D eigenvalue weighted by Crippen LogP contribution is -2.30. The molecule has 192 valence electrons. The molecular weight excluding hydrogens is 484 g/mol. The van der Waals surface area contributed by atoms with E-state index < -0.39 is 42.0 Å². The molecule has 0 aliphatic rings. The van der Waals surface area contributed by atoms with Gasteiger partial charge in [0.2, 0.25) is 0 Å². The summed E-state index contributed by atoms with van der Waals surface area (Å²) in [5.74, 6) is -1.27. The Morgan fingerprint density at radius 1 is 0.625 bits per heavy atom. The maximum Gasteiger partial charge on any atom is 0.320 e. The third-order valence-electron chi connectivity index (χ3n) is 3.03. The van der Waals surface area contributed by atoms with E-state index in [4.69, 9.17) is 37.6 Å². The lowest BCUT2D eigenvalue weighted by molar-refractivity contribution is -0.139. The van der Waals surface area contributed by atoms with Crippen LogP contribution in [0.3, 0.4) is 0 Å². The number of hydrogen-bond acceptors (Lipinski definition) is 11. The Morgan fingerprint density at radius 2 is 0.812 bits per heavy atom. The van der Waals surface area contributed by atoms with Gasteiger partial charge in [0.15, 0.2) is 0 Å². The molecule has 0 aromatic rings. The summed E-state index contributed by atoms with van der Waals surface area (Å²) in [5, 5.41) is 32.4. The van der Waals surface area contributed by atoms with E-state index in [1.165, 1.54) is 0 Å². The summed E-state index contributed by atoms with van der Waals surface area (Å²) < 4.78 is 0. The fraction of sp³-hybridized carbons (Fsp3) is 0.765. The van der Waals surface area contributed by atoms with Crippen molar-refractivity contribution >= 4 is 59.2 Å². The molecule has 0 aliphatic heterocycles. The third-order valence-corrected chi connectivity index (χ3v) is 4.96. The van der Waals surface area contributed by atoms with Crippen molar-refractivity contribution in [3.05, 3.63) is 0 Å². The Hall–Kier alpha value is -1.23. The van der Waals surface area contributed by atoms with Crippen LogP contribution in [0.15, 0.2) is 0 Å². The van der Waals surface area contributed by atoms with Gasteiger partial charge < -0.3 is 43.4 Å². The van der Waals surface area contributed by atoms with E-state index in [1.807, 2.05) is 18.8 Å². The lowest BCUT2D eigenvalue weighted by atomic mass is 10.2. The van der Waals surface area contributed by atoms with Crippen molar-refractivity contribution in [2.75, 3.05) is 42.6 Å². The number of nitrogens with two attached hydrogens (primary N) is 4. The summed E-state index contributed by atoms with van der Waals surface area (Å²) in [4.78, 5) is 39.5. The second-order valence-corrected chi connectivity index (χ2v) is 8.73. The van der Waals surface area contributed by atoms with Gasteiger partial charge in [0, 0.05) is 0 Å². The molecule has 32 heavy (non-hydrogen) atoms. The Kier molecular flexibility index (Phi) is 33.1. The van der Waals surface area contributed by atoms with Crippen LogP contribution >= 0.6 is 35.3 Å². The maximum absolute atomic E-state index is 10.1.